The highest BCUT2D eigenvalue weighted by Gasteiger charge is 2.10. The van der Waals surface area contributed by atoms with Crippen molar-refractivity contribution in [3.63, 3.8) is 0 Å². The Balaban J connectivity index is 1.97. The van der Waals surface area contributed by atoms with Gasteiger partial charge in [0, 0.05) is 23.4 Å². The summed E-state index contributed by atoms with van der Waals surface area (Å²) in [6.45, 7) is 4.80. The Kier molecular flexibility index (Phi) is 6.53. The largest absolute Gasteiger partial charge is 0.352 e. The van der Waals surface area contributed by atoms with Gasteiger partial charge in [0.25, 0.3) is 11.8 Å². The van der Waals surface area contributed by atoms with Gasteiger partial charge in [-0.1, -0.05) is 25.4 Å². The first kappa shape index (κ1) is 18.9. The monoisotopic (exact) mass is 362 g/mol. The van der Waals surface area contributed by atoms with Crippen molar-refractivity contribution in [2.24, 2.45) is 5.92 Å². The Labute approximate surface area is 151 Å². The van der Waals surface area contributed by atoms with E-state index in [-0.39, 0.29) is 16.8 Å². The minimum atomic E-state index is -0.549. The summed E-state index contributed by atoms with van der Waals surface area (Å²) in [4.78, 5) is 24.2. The summed E-state index contributed by atoms with van der Waals surface area (Å²) in [5.41, 5.74) is 1.27. The van der Waals surface area contributed by atoms with Crippen LogP contribution in [0.4, 0.5) is 10.1 Å². The number of amides is 2. The van der Waals surface area contributed by atoms with Gasteiger partial charge in [0.05, 0.1) is 5.02 Å². The van der Waals surface area contributed by atoms with Gasteiger partial charge in [0.15, 0.2) is 0 Å². The average Bonchev–Trinajstić information content (AvgIpc) is 2.58. The lowest BCUT2D eigenvalue weighted by Crippen LogP contribution is -2.25. The zero-order valence-corrected chi connectivity index (χ0v) is 14.9. The fourth-order valence-corrected chi connectivity index (χ4v) is 2.31. The molecule has 0 saturated carbocycles. The molecular weight excluding hydrogens is 343 g/mol. The smallest absolute Gasteiger partial charge is 0.255 e. The Morgan fingerprint density at radius 1 is 1.04 bits per heavy atom. The molecule has 0 bridgehead atoms. The molecule has 0 saturated heterocycles. The van der Waals surface area contributed by atoms with E-state index in [4.69, 9.17) is 11.6 Å². The number of benzene rings is 2. The quantitative estimate of drug-likeness (QED) is 0.794. The summed E-state index contributed by atoms with van der Waals surface area (Å²) in [5, 5.41) is 5.41. The Hall–Kier alpha value is -2.40. The molecule has 2 rings (SSSR count). The van der Waals surface area contributed by atoms with Crippen LogP contribution in [-0.4, -0.2) is 18.4 Å². The minimum absolute atomic E-state index is 0.0637. The molecule has 4 nitrogen and oxygen atoms in total. The predicted octanol–water partition coefficient (Wildman–Crippen LogP) is 4.51. The third-order valence-corrected chi connectivity index (χ3v) is 3.88. The fraction of sp³-hybridized carbons (Fsp3) is 0.263. The van der Waals surface area contributed by atoms with Gasteiger partial charge in [-0.15, -0.1) is 0 Å². The molecule has 2 aromatic carbocycles. The van der Waals surface area contributed by atoms with E-state index in [0.717, 1.165) is 6.42 Å². The summed E-state index contributed by atoms with van der Waals surface area (Å²) in [7, 11) is 0. The molecule has 0 aliphatic heterocycles. The molecular formula is C19H20ClFN2O2. The predicted molar refractivity (Wildman–Crippen MR) is 97.6 cm³/mol. The molecule has 6 heteroatoms. The van der Waals surface area contributed by atoms with E-state index in [1.807, 2.05) is 0 Å². The van der Waals surface area contributed by atoms with Crippen LogP contribution in [0.15, 0.2) is 42.5 Å². The van der Waals surface area contributed by atoms with Crippen LogP contribution in [0.5, 0.6) is 0 Å². The molecule has 2 aromatic rings. The second-order valence-corrected chi connectivity index (χ2v) is 6.51. The van der Waals surface area contributed by atoms with Crippen molar-refractivity contribution >= 4 is 29.1 Å². The van der Waals surface area contributed by atoms with Gasteiger partial charge in [-0.3, -0.25) is 9.59 Å². The molecule has 132 valence electrons. The maximum absolute atomic E-state index is 13.1. The number of hydrogen-bond donors (Lipinski definition) is 2. The summed E-state index contributed by atoms with van der Waals surface area (Å²) < 4.78 is 13.1. The average molecular weight is 363 g/mol. The van der Waals surface area contributed by atoms with E-state index in [2.05, 4.69) is 24.5 Å². The Bertz CT molecular complexity index is 761. The van der Waals surface area contributed by atoms with Crippen molar-refractivity contribution in [3.05, 3.63) is 64.4 Å². The van der Waals surface area contributed by atoms with Crippen LogP contribution in [-0.2, 0) is 0 Å². The van der Waals surface area contributed by atoms with Gasteiger partial charge >= 0.3 is 0 Å². The number of halogens is 2. The summed E-state index contributed by atoms with van der Waals surface area (Å²) in [6, 6.07) is 10.3. The van der Waals surface area contributed by atoms with Crippen LogP contribution < -0.4 is 10.6 Å². The second kappa shape index (κ2) is 8.62. The first-order valence-corrected chi connectivity index (χ1v) is 8.39. The first-order chi connectivity index (χ1) is 11.9. The van der Waals surface area contributed by atoms with E-state index in [1.165, 1.54) is 18.2 Å². The zero-order valence-electron chi connectivity index (χ0n) is 14.1. The molecule has 0 fully saturated rings. The van der Waals surface area contributed by atoms with Crippen molar-refractivity contribution in [2.75, 3.05) is 11.9 Å². The van der Waals surface area contributed by atoms with Crippen molar-refractivity contribution in [1.82, 2.24) is 5.32 Å². The highest BCUT2D eigenvalue weighted by Crippen LogP contribution is 2.20. The lowest BCUT2D eigenvalue weighted by molar-refractivity contribution is 0.0950. The summed E-state index contributed by atoms with van der Waals surface area (Å²) in [6.07, 6.45) is 0.909. The third kappa shape index (κ3) is 5.57. The van der Waals surface area contributed by atoms with Gasteiger partial charge in [-0.2, -0.15) is 0 Å². The van der Waals surface area contributed by atoms with Gasteiger partial charge in [-0.05, 0) is 54.8 Å². The van der Waals surface area contributed by atoms with Crippen LogP contribution in [0.2, 0.25) is 5.02 Å². The molecule has 25 heavy (non-hydrogen) atoms. The van der Waals surface area contributed by atoms with Crippen LogP contribution in [0.1, 0.15) is 41.0 Å². The SMILES string of the molecule is CC(C)CCNC(=O)c1ccc(C(=O)Nc2ccc(F)c(Cl)c2)cc1. The zero-order chi connectivity index (χ0) is 18.4. The number of nitrogens with one attached hydrogen (secondary N) is 2. The van der Waals surface area contributed by atoms with Gasteiger partial charge in [0.1, 0.15) is 5.82 Å². The second-order valence-electron chi connectivity index (χ2n) is 6.10. The highest BCUT2D eigenvalue weighted by molar-refractivity contribution is 6.31. The maximum Gasteiger partial charge on any atom is 0.255 e. The topological polar surface area (TPSA) is 58.2 Å². The summed E-state index contributed by atoms with van der Waals surface area (Å²) >= 11 is 5.69. The van der Waals surface area contributed by atoms with Crippen LogP contribution in [0.3, 0.4) is 0 Å². The Morgan fingerprint density at radius 3 is 2.20 bits per heavy atom. The van der Waals surface area contributed by atoms with E-state index in [9.17, 15) is 14.0 Å². The lowest BCUT2D eigenvalue weighted by atomic mass is 10.1. The van der Waals surface area contributed by atoms with E-state index < -0.39 is 5.82 Å². The molecule has 2 N–H and O–H groups in total. The highest BCUT2D eigenvalue weighted by atomic mass is 35.5. The number of rotatable bonds is 6. The van der Waals surface area contributed by atoms with Crippen molar-refractivity contribution in [2.45, 2.75) is 20.3 Å². The molecule has 0 unspecified atom stereocenters. The van der Waals surface area contributed by atoms with Crippen molar-refractivity contribution < 1.29 is 14.0 Å². The van der Waals surface area contributed by atoms with Crippen LogP contribution in [0.25, 0.3) is 0 Å². The Morgan fingerprint density at radius 2 is 1.64 bits per heavy atom. The van der Waals surface area contributed by atoms with E-state index in [1.54, 1.807) is 24.3 Å². The van der Waals surface area contributed by atoms with Crippen molar-refractivity contribution in [1.29, 1.82) is 0 Å². The molecule has 0 aromatic heterocycles. The fourth-order valence-electron chi connectivity index (χ4n) is 2.13. The third-order valence-electron chi connectivity index (χ3n) is 3.59. The molecule has 0 spiro atoms. The minimum Gasteiger partial charge on any atom is -0.352 e. The van der Waals surface area contributed by atoms with Gasteiger partial charge < -0.3 is 10.6 Å². The van der Waals surface area contributed by atoms with E-state index in [0.29, 0.717) is 29.3 Å². The standard InChI is InChI=1S/C19H20ClFN2O2/c1-12(2)9-10-22-18(24)13-3-5-14(6-4-13)19(25)23-15-7-8-17(21)16(20)11-15/h3-8,11-12H,9-10H2,1-2H3,(H,22,24)(H,23,25). The molecule has 0 atom stereocenters. The lowest BCUT2D eigenvalue weighted by Gasteiger charge is -2.08. The molecule has 2 amide bonds. The maximum atomic E-state index is 13.1. The van der Waals surface area contributed by atoms with Gasteiger partial charge in [0.2, 0.25) is 0 Å². The number of hydrogen-bond acceptors (Lipinski definition) is 2. The molecule has 0 aliphatic carbocycles. The van der Waals surface area contributed by atoms with E-state index >= 15 is 0 Å². The summed E-state index contributed by atoms with van der Waals surface area (Å²) in [5.74, 6) is -0.564. The number of carbonyl (C=O) groups excluding carboxylic acids is 2. The van der Waals surface area contributed by atoms with Crippen LogP contribution in [0, 0.1) is 11.7 Å². The molecule has 0 aliphatic rings. The van der Waals surface area contributed by atoms with Gasteiger partial charge in [-0.25, -0.2) is 4.39 Å². The molecule has 0 heterocycles. The number of anilines is 1. The van der Waals surface area contributed by atoms with Crippen LogP contribution >= 0.6 is 11.6 Å². The normalized spacial score (nSPS) is 10.6. The number of carbonyl (C=O) groups is 2. The first-order valence-electron chi connectivity index (χ1n) is 8.01. The van der Waals surface area contributed by atoms with Crippen molar-refractivity contribution in [3.8, 4) is 0 Å². The molecule has 0 radical (unpaired) electrons.